The van der Waals surface area contributed by atoms with Crippen LogP contribution in [0, 0.1) is 5.92 Å². The highest BCUT2D eigenvalue weighted by atomic mass is 32.2. The maximum absolute atomic E-state index is 14.1. The van der Waals surface area contributed by atoms with Gasteiger partial charge in [-0.05, 0) is 30.8 Å². The minimum Gasteiger partial charge on any atom is -0.379 e. The van der Waals surface area contributed by atoms with Gasteiger partial charge >= 0.3 is 0 Å². The van der Waals surface area contributed by atoms with E-state index < -0.39 is 10.2 Å². The molecule has 0 bridgehead atoms. The Kier molecular flexibility index (Phi) is 11.8. The van der Waals surface area contributed by atoms with Gasteiger partial charge in [-0.1, -0.05) is 34.6 Å². The molecule has 0 aromatic carbocycles. The number of ether oxygens (including phenoxy) is 1. The molecule has 11 nitrogen and oxygen atoms in total. The topological polar surface area (TPSA) is 129 Å². The fraction of sp³-hybridized carbons (Fsp3) is 0.808. The molecule has 0 saturated carbocycles. The van der Waals surface area contributed by atoms with Crippen LogP contribution in [0.3, 0.4) is 0 Å². The molecule has 0 spiro atoms. The van der Waals surface area contributed by atoms with Crippen molar-refractivity contribution in [2.45, 2.75) is 65.0 Å². The second-order valence-corrected chi connectivity index (χ2v) is 14.4. The van der Waals surface area contributed by atoms with Crippen LogP contribution in [-0.4, -0.2) is 110 Å². The Morgan fingerprint density at radius 2 is 2.00 bits per heavy atom. The Bertz CT molecular complexity index is 1040. The van der Waals surface area contributed by atoms with Crippen LogP contribution in [-0.2, 0) is 20.4 Å². The molecule has 39 heavy (non-hydrogen) atoms. The molecular weight excluding hydrogens is 538 g/mol. The number of thioether (sulfide) groups is 1. The van der Waals surface area contributed by atoms with Crippen molar-refractivity contribution in [2.24, 2.45) is 5.92 Å². The summed E-state index contributed by atoms with van der Waals surface area (Å²) in [6.45, 7) is 14.1. The highest BCUT2D eigenvalue weighted by Gasteiger charge is 2.35. The molecule has 13 heteroatoms. The Morgan fingerprint density at radius 1 is 1.28 bits per heavy atom. The van der Waals surface area contributed by atoms with E-state index in [1.807, 2.05) is 4.90 Å². The molecule has 2 aliphatic rings. The Morgan fingerprint density at radius 3 is 2.64 bits per heavy atom. The second kappa shape index (κ2) is 14.4. The summed E-state index contributed by atoms with van der Waals surface area (Å²) in [5.74, 6) is 2.34. The van der Waals surface area contributed by atoms with Crippen molar-refractivity contribution < 1.29 is 17.9 Å². The quantitative estimate of drug-likeness (QED) is 0.315. The minimum absolute atomic E-state index is 0.139. The van der Waals surface area contributed by atoms with Gasteiger partial charge < -0.3 is 20.3 Å². The standard InChI is InChI=1S/C26H47N7O4S2/c1-19(2)18-33(21-14-20(15-27-16-21)31-39(35,36)32-9-11-37-12-10-32)24(34)22-17-29-25(26(3,4)5)30-23(22)28-8-7-13-38-6/h17,19-21,27,31H,7-16,18H2,1-6H3,(H,28,29,30)/t20-,21+/m1/s1. The van der Waals surface area contributed by atoms with Gasteiger partial charge in [0, 0.05) is 63.0 Å². The number of rotatable bonds is 12. The molecule has 0 aliphatic carbocycles. The first-order valence-electron chi connectivity index (χ1n) is 13.9. The van der Waals surface area contributed by atoms with Gasteiger partial charge in [-0.25, -0.2) is 9.97 Å². The van der Waals surface area contributed by atoms with Gasteiger partial charge in [-0.3, -0.25) is 4.79 Å². The summed E-state index contributed by atoms with van der Waals surface area (Å²) in [6, 6.07) is -0.514. The highest BCUT2D eigenvalue weighted by molar-refractivity contribution is 7.98. The van der Waals surface area contributed by atoms with E-state index in [0.29, 0.717) is 76.1 Å². The van der Waals surface area contributed by atoms with E-state index in [2.05, 4.69) is 61.2 Å². The molecule has 222 valence electrons. The number of amides is 1. The summed E-state index contributed by atoms with van der Waals surface area (Å²) in [6.07, 6.45) is 5.20. The third kappa shape index (κ3) is 9.25. The van der Waals surface area contributed by atoms with Crippen molar-refractivity contribution in [3.8, 4) is 0 Å². The number of morpholine rings is 1. The maximum Gasteiger partial charge on any atom is 0.279 e. The fourth-order valence-corrected chi connectivity index (χ4v) is 6.53. The first-order chi connectivity index (χ1) is 18.4. The second-order valence-electron chi connectivity index (χ2n) is 11.7. The predicted octanol–water partition coefficient (Wildman–Crippen LogP) is 1.93. The van der Waals surface area contributed by atoms with Gasteiger partial charge in [0.1, 0.15) is 17.2 Å². The summed E-state index contributed by atoms with van der Waals surface area (Å²) in [5.41, 5.74) is 0.191. The third-order valence-electron chi connectivity index (χ3n) is 6.72. The largest absolute Gasteiger partial charge is 0.379 e. The zero-order valence-corrected chi connectivity index (χ0v) is 26.0. The van der Waals surface area contributed by atoms with Crippen LogP contribution >= 0.6 is 11.8 Å². The molecule has 2 atom stereocenters. The zero-order chi connectivity index (χ0) is 28.6. The normalized spacial score (nSPS) is 21.2. The van der Waals surface area contributed by atoms with Gasteiger partial charge in [0.15, 0.2) is 0 Å². The van der Waals surface area contributed by atoms with Crippen molar-refractivity contribution in [3.63, 3.8) is 0 Å². The molecule has 0 unspecified atom stereocenters. The lowest BCUT2D eigenvalue weighted by Crippen LogP contribution is -2.59. The SMILES string of the molecule is CSCCCNc1nc(C(C)(C)C)ncc1C(=O)N(CC(C)C)[C@@H]1CNC[C@H](NS(=O)(=O)N2CCOCC2)C1. The maximum atomic E-state index is 14.1. The molecule has 1 amide bonds. The van der Waals surface area contributed by atoms with Crippen molar-refractivity contribution in [1.82, 2.24) is 29.2 Å². The molecular formula is C26H47N7O4S2. The molecule has 1 aromatic heterocycles. The number of nitrogens with zero attached hydrogens (tertiary/aromatic N) is 4. The number of piperidine rings is 1. The smallest absolute Gasteiger partial charge is 0.279 e. The van der Waals surface area contributed by atoms with E-state index in [1.54, 1.807) is 18.0 Å². The van der Waals surface area contributed by atoms with Crippen molar-refractivity contribution in [3.05, 3.63) is 17.6 Å². The Labute approximate surface area is 238 Å². The predicted molar refractivity (Wildman–Crippen MR) is 158 cm³/mol. The van der Waals surface area contributed by atoms with Crippen LogP contribution in [0.25, 0.3) is 0 Å². The number of anilines is 1. The average molecular weight is 586 g/mol. The summed E-state index contributed by atoms with van der Waals surface area (Å²) in [5, 5.41) is 6.74. The Hall–Kier alpha value is -1.51. The number of nitrogens with one attached hydrogen (secondary N) is 3. The molecule has 0 radical (unpaired) electrons. The minimum atomic E-state index is -3.64. The number of hydrogen-bond acceptors (Lipinski definition) is 9. The summed E-state index contributed by atoms with van der Waals surface area (Å²) < 4.78 is 35.6. The van der Waals surface area contributed by atoms with Crippen LogP contribution in [0.4, 0.5) is 5.82 Å². The van der Waals surface area contributed by atoms with Crippen LogP contribution in [0.15, 0.2) is 6.20 Å². The first kappa shape index (κ1) is 32.0. The third-order valence-corrected chi connectivity index (χ3v) is 9.10. The van der Waals surface area contributed by atoms with Crippen LogP contribution < -0.4 is 15.4 Å². The van der Waals surface area contributed by atoms with Crippen LogP contribution in [0.2, 0.25) is 0 Å². The molecule has 3 N–H and O–H groups in total. The lowest BCUT2D eigenvalue weighted by Gasteiger charge is -2.39. The Balaban J connectivity index is 1.82. The zero-order valence-electron chi connectivity index (χ0n) is 24.3. The highest BCUT2D eigenvalue weighted by Crippen LogP contribution is 2.25. The monoisotopic (exact) mass is 585 g/mol. The van der Waals surface area contributed by atoms with Gasteiger partial charge in [-0.15, -0.1) is 0 Å². The molecule has 2 saturated heterocycles. The number of hydrogen-bond donors (Lipinski definition) is 3. The summed E-state index contributed by atoms with van der Waals surface area (Å²) in [4.78, 5) is 25.3. The van der Waals surface area contributed by atoms with E-state index in [0.717, 1.165) is 12.2 Å². The van der Waals surface area contributed by atoms with Gasteiger partial charge in [0.25, 0.3) is 16.1 Å². The van der Waals surface area contributed by atoms with E-state index in [-0.39, 0.29) is 29.3 Å². The molecule has 3 rings (SSSR count). The lowest BCUT2D eigenvalue weighted by molar-refractivity contribution is 0.0604. The van der Waals surface area contributed by atoms with E-state index >= 15 is 0 Å². The van der Waals surface area contributed by atoms with Gasteiger partial charge in [-0.2, -0.15) is 29.2 Å². The lowest BCUT2D eigenvalue weighted by atomic mass is 9.95. The first-order valence-corrected chi connectivity index (χ1v) is 16.7. The van der Waals surface area contributed by atoms with E-state index in [9.17, 15) is 13.2 Å². The van der Waals surface area contributed by atoms with Crippen molar-refractivity contribution in [2.75, 3.05) is 69.8 Å². The number of aromatic nitrogens is 2. The van der Waals surface area contributed by atoms with Crippen LogP contribution in [0.5, 0.6) is 0 Å². The van der Waals surface area contributed by atoms with Crippen LogP contribution in [0.1, 0.15) is 63.6 Å². The number of carbonyl (C=O) groups excluding carboxylic acids is 1. The van der Waals surface area contributed by atoms with Gasteiger partial charge in [0.2, 0.25) is 0 Å². The van der Waals surface area contributed by atoms with Crippen molar-refractivity contribution >= 4 is 33.7 Å². The molecule has 2 fully saturated rings. The number of carbonyl (C=O) groups is 1. The van der Waals surface area contributed by atoms with E-state index in [1.165, 1.54) is 4.31 Å². The van der Waals surface area contributed by atoms with Crippen molar-refractivity contribution in [1.29, 1.82) is 0 Å². The summed E-state index contributed by atoms with van der Waals surface area (Å²) >= 11 is 1.79. The van der Waals surface area contributed by atoms with Gasteiger partial charge in [0.05, 0.1) is 13.2 Å². The average Bonchev–Trinajstić information content (AvgIpc) is 2.89. The molecule has 3 heterocycles. The fourth-order valence-electron chi connectivity index (χ4n) is 4.72. The molecule has 2 aliphatic heterocycles. The molecule has 1 aromatic rings. The van der Waals surface area contributed by atoms with E-state index in [4.69, 9.17) is 9.72 Å². The summed E-state index contributed by atoms with van der Waals surface area (Å²) in [7, 11) is -3.64.